The van der Waals surface area contributed by atoms with Crippen molar-refractivity contribution in [1.82, 2.24) is 15.0 Å². The van der Waals surface area contributed by atoms with Crippen molar-refractivity contribution in [2.45, 2.75) is 45.1 Å². The van der Waals surface area contributed by atoms with Gasteiger partial charge >= 0.3 is 6.09 Å². The lowest BCUT2D eigenvalue weighted by Gasteiger charge is -2.38. The fourth-order valence-electron chi connectivity index (χ4n) is 1.87. The van der Waals surface area contributed by atoms with E-state index in [1.807, 2.05) is 20.8 Å². The maximum absolute atomic E-state index is 11.8. The summed E-state index contributed by atoms with van der Waals surface area (Å²) in [6, 6.07) is 0. The van der Waals surface area contributed by atoms with Gasteiger partial charge in [-0.05, 0) is 27.2 Å². The van der Waals surface area contributed by atoms with E-state index in [-0.39, 0.29) is 12.0 Å². The number of amides is 1. The average Bonchev–Trinajstić information content (AvgIpc) is 2.70. The second-order valence-electron chi connectivity index (χ2n) is 5.92. The lowest BCUT2D eigenvalue weighted by Crippen LogP contribution is -2.50. The summed E-state index contributed by atoms with van der Waals surface area (Å²) in [5.41, 5.74) is -0.461. The van der Waals surface area contributed by atoms with Crippen LogP contribution in [0, 0.1) is 0 Å². The topological polar surface area (TPSA) is 68.5 Å². The Hall–Kier alpha value is -1.11. The van der Waals surface area contributed by atoms with Crippen LogP contribution in [0.1, 0.15) is 44.8 Å². The van der Waals surface area contributed by atoms with E-state index in [9.17, 15) is 4.79 Å². The molecule has 2 heterocycles. The maximum atomic E-state index is 11.8. The van der Waals surface area contributed by atoms with Crippen LogP contribution in [0.2, 0.25) is 0 Å². The summed E-state index contributed by atoms with van der Waals surface area (Å²) in [5, 5.41) is 4.90. The highest BCUT2D eigenvalue weighted by Crippen LogP contribution is 2.26. The molecule has 0 unspecified atom stereocenters. The molecule has 1 aliphatic rings. The molecule has 6 nitrogen and oxygen atoms in total. The molecule has 20 heavy (non-hydrogen) atoms. The van der Waals surface area contributed by atoms with Crippen molar-refractivity contribution < 1.29 is 14.1 Å². The van der Waals surface area contributed by atoms with Gasteiger partial charge in [0.2, 0.25) is 5.89 Å². The van der Waals surface area contributed by atoms with Crippen LogP contribution in [0.15, 0.2) is 4.52 Å². The van der Waals surface area contributed by atoms with E-state index in [1.165, 1.54) is 0 Å². The third-order valence-electron chi connectivity index (χ3n) is 2.91. The predicted octanol–water partition coefficient (Wildman–Crippen LogP) is 2.73. The number of likely N-dealkylation sites (tertiary alicyclic amines) is 1. The van der Waals surface area contributed by atoms with Gasteiger partial charge in [-0.25, -0.2) is 4.79 Å². The first-order valence-corrected chi connectivity index (χ1v) is 7.87. The molecule has 1 saturated heterocycles. The Labute approximate surface area is 127 Å². The van der Waals surface area contributed by atoms with Crippen molar-refractivity contribution in [3.8, 4) is 0 Å². The maximum Gasteiger partial charge on any atom is 0.410 e. The molecule has 7 heteroatoms. The number of aryl methyl sites for hydroxylation is 1. The molecule has 0 atom stereocenters. The first-order chi connectivity index (χ1) is 9.39. The normalized spacial score (nSPS) is 16.1. The van der Waals surface area contributed by atoms with Crippen LogP contribution >= 0.6 is 15.9 Å². The van der Waals surface area contributed by atoms with E-state index in [0.717, 1.165) is 18.2 Å². The number of hydrogen-bond acceptors (Lipinski definition) is 5. The summed E-state index contributed by atoms with van der Waals surface area (Å²) < 4.78 is 10.5. The van der Waals surface area contributed by atoms with Crippen LogP contribution in [0.3, 0.4) is 0 Å². The van der Waals surface area contributed by atoms with Gasteiger partial charge in [0.05, 0.1) is 5.92 Å². The van der Waals surface area contributed by atoms with Crippen LogP contribution in [0.25, 0.3) is 0 Å². The number of carbonyl (C=O) groups excluding carboxylic acids is 1. The Morgan fingerprint density at radius 2 is 2.20 bits per heavy atom. The van der Waals surface area contributed by atoms with Crippen molar-refractivity contribution in [3.05, 3.63) is 11.7 Å². The molecule has 0 aromatic carbocycles. The van der Waals surface area contributed by atoms with Gasteiger partial charge in [0.1, 0.15) is 5.60 Å². The minimum Gasteiger partial charge on any atom is -0.444 e. The summed E-state index contributed by atoms with van der Waals surface area (Å²) in [6.07, 6.45) is 1.47. The molecule has 1 aromatic heterocycles. The zero-order valence-corrected chi connectivity index (χ0v) is 13.6. The number of ether oxygens (including phenoxy) is 1. The Kier molecular flexibility index (Phi) is 4.67. The number of halogens is 1. The summed E-state index contributed by atoms with van der Waals surface area (Å²) in [5.74, 6) is 1.51. The molecule has 0 bridgehead atoms. The second-order valence-corrected chi connectivity index (χ2v) is 6.71. The Morgan fingerprint density at radius 1 is 1.50 bits per heavy atom. The van der Waals surface area contributed by atoms with Crippen molar-refractivity contribution >= 4 is 22.0 Å². The van der Waals surface area contributed by atoms with Crippen molar-refractivity contribution in [2.24, 2.45) is 0 Å². The smallest absolute Gasteiger partial charge is 0.410 e. The number of carbonyl (C=O) groups is 1. The van der Waals surface area contributed by atoms with Gasteiger partial charge in [-0.2, -0.15) is 4.98 Å². The minimum atomic E-state index is -0.461. The summed E-state index contributed by atoms with van der Waals surface area (Å²) in [6.45, 7) is 6.76. The third kappa shape index (κ3) is 3.94. The molecule has 2 rings (SSSR count). The standard InChI is InChI=1S/C13H20BrN3O3/c1-13(2,3)19-12(18)17-7-9(8-17)11-15-10(20-16-11)5-4-6-14/h9H,4-8H2,1-3H3. The van der Waals surface area contributed by atoms with Crippen LogP contribution in [0.4, 0.5) is 4.79 Å². The van der Waals surface area contributed by atoms with Gasteiger partial charge in [-0.15, -0.1) is 0 Å². The quantitative estimate of drug-likeness (QED) is 0.784. The van der Waals surface area contributed by atoms with Gasteiger partial charge in [0, 0.05) is 24.8 Å². The fourth-order valence-corrected chi connectivity index (χ4v) is 2.15. The van der Waals surface area contributed by atoms with Gasteiger partial charge in [-0.3, -0.25) is 0 Å². The number of rotatable bonds is 4. The van der Waals surface area contributed by atoms with E-state index in [1.54, 1.807) is 4.90 Å². The second kappa shape index (κ2) is 6.11. The third-order valence-corrected chi connectivity index (χ3v) is 3.47. The number of nitrogens with zero attached hydrogens (tertiary/aromatic N) is 3. The van der Waals surface area contributed by atoms with E-state index < -0.39 is 5.60 Å². The Morgan fingerprint density at radius 3 is 2.80 bits per heavy atom. The van der Waals surface area contributed by atoms with E-state index >= 15 is 0 Å². The van der Waals surface area contributed by atoms with Crippen LogP contribution in [0.5, 0.6) is 0 Å². The molecule has 1 aliphatic heterocycles. The molecular formula is C13H20BrN3O3. The lowest BCUT2D eigenvalue weighted by molar-refractivity contribution is 0.00734. The van der Waals surface area contributed by atoms with Crippen LogP contribution in [-0.4, -0.2) is 45.2 Å². The molecule has 1 fully saturated rings. The zero-order chi connectivity index (χ0) is 14.8. The van der Waals surface area contributed by atoms with Crippen molar-refractivity contribution in [2.75, 3.05) is 18.4 Å². The molecule has 112 valence electrons. The monoisotopic (exact) mass is 345 g/mol. The molecule has 0 spiro atoms. The summed E-state index contributed by atoms with van der Waals surface area (Å²) in [4.78, 5) is 17.8. The molecule has 1 aromatic rings. The highest BCUT2D eigenvalue weighted by molar-refractivity contribution is 9.09. The van der Waals surface area contributed by atoms with E-state index in [4.69, 9.17) is 9.26 Å². The highest BCUT2D eigenvalue weighted by Gasteiger charge is 2.37. The first-order valence-electron chi connectivity index (χ1n) is 6.75. The molecule has 0 saturated carbocycles. The molecule has 1 amide bonds. The lowest BCUT2D eigenvalue weighted by atomic mass is 10.0. The van der Waals surface area contributed by atoms with Crippen molar-refractivity contribution in [3.63, 3.8) is 0 Å². The summed E-state index contributed by atoms with van der Waals surface area (Å²) in [7, 11) is 0. The molecule has 0 aliphatic carbocycles. The van der Waals surface area contributed by atoms with Gasteiger partial charge in [0.15, 0.2) is 5.82 Å². The Balaban J connectivity index is 1.81. The number of alkyl halides is 1. The molecule has 0 radical (unpaired) electrons. The largest absolute Gasteiger partial charge is 0.444 e. The predicted molar refractivity (Wildman–Crippen MR) is 77.0 cm³/mol. The molecular weight excluding hydrogens is 326 g/mol. The van der Waals surface area contributed by atoms with E-state index in [0.29, 0.717) is 24.8 Å². The zero-order valence-electron chi connectivity index (χ0n) is 12.1. The van der Waals surface area contributed by atoms with Gasteiger partial charge in [0.25, 0.3) is 0 Å². The number of aromatic nitrogens is 2. The SMILES string of the molecule is CC(C)(C)OC(=O)N1CC(c2noc(CCCBr)n2)C1. The average molecular weight is 346 g/mol. The minimum absolute atomic E-state index is 0.156. The summed E-state index contributed by atoms with van der Waals surface area (Å²) >= 11 is 3.37. The van der Waals surface area contributed by atoms with Gasteiger partial charge < -0.3 is 14.2 Å². The first kappa shape index (κ1) is 15.3. The number of hydrogen-bond donors (Lipinski definition) is 0. The van der Waals surface area contributed by atoms with E-state index in [2.05, 4.69) is 26.1 Å². The van der Waals surface area contributed by atoms with Gasteiger partial charge in [-0.1, -0.05) is 21.1 Å². The highest BCUT2D eigenvalue weighted by atomic mass is 79.9. The van der Waals surface area contributed by atoms with Crippen LogP contribution in [-0.2, 0) is 11.2 Å². The van der Waals surface area contributed by atoms with Crippen LogP contribution < -0.4 is 0 Å². The van der Waals surface area contributed by atoms with Crippen molar-refractivity contribution in [1.29, 1.82) is 0 Å². The molecule has 0 N–H and O–H groups in total. The Bertz CT molecular complexity index is 464. The fraction of sp³-hybridized carbons (Fsp3) is 0.769.